The Morgan fingerprint density at radius 3 is 2.51 bits per heavy atom. The molecule has 226 valence electrons. The van der Waals surface area contributed by atoms with Crippen LogP contribution in [0.25, 0.3) is 10.9 Å². The number of ether oxygens (including phenoxy) is 1. The van der Waals surface area contributed by atoms with E-state index in [1.807, 2.05) is 69.7 Å². The van der Waals surface area contributed by atoms with Crippen molar-refractivity contribution in [2.24, 2.45) is 0 Å². The number of piperidine rings is 1. The summed E-state index contributed by atoms with van der Waals surface area (Å²) in [6.07, 6.45) is 3.12. The van der Waals surface area contributed by atoms with Crippen molar-refractivity contribution in [2.45, 2.75) is 51.3 Å². The number of hydrogen-bond donors (Lipinski definition) is 3. The summed E-state index contributed by atoms with van der Waals surface area (Å²) >= 11 is 0. The van der Waals surface area contributed by atoms with E-state index in [-0.39, 0.29) is 29.8 Å². The van der Waals surface area contributed by atoms with E-state index in [4.69, 9.17) is 4.74 Å². The van der Waals surface area contributed by atoms with Crippen LogP contribution in [0.4, 0.5) is 14.9 Å². The predicted octanol–water partition coefficient (Wildman–Crippen LogP) is 6.04. The Morgan fingerprint density at radius 1 is 1.07 bits per heavy atom. The van der Waals surface area contributed by atoms with Crippen molar-refractivity contribution in [2.75, 3.05) is 32.5 Å². The van der Waals surface area contributed by atoms with Crippen molar-refractivity contribution in [3.8, 4) is 5.75 Å². The Balaban J connectivity index is 1.31. The summed E-state index contributed by atoms with van der Waals surface area (Å²) in [5, 5.41) is 7.15. The van der Waals surface area contributed by atoms with E-state index in [2.05, 4.69) is 27.4 Å². The number of benzene rings is 3. The standard InChI is InChI=1S/C34H40FN5O3/c1-22-9-12-26(19-24(22)21-39(3)4)37-33(41)32(23(2)30-20-36-31-8-6-5-7-29(30)31)38-34(42)40-17-15-28(16-18-40)43-27-13-10-25(35)11-14-27/h5-14,19-20,23,28,32,36H,15-18,21H2,1-4H3,(H,37,41)(H,38,42)/t23-,32-/m1/s1. The van der Waals surface area contributed by atoms with Gasteiger partial charge in [0, 0.05) is 61.2 Å². The minimum Gasteiger partial charge on any atom is -0.490 e. The van der Waals surface area contributed by atoms with Crippen LogP contribution < -0.4 is 15.4 Å². The van der Waals surface area contributed by atoms with Gasteiger partial charge < -0.3 is 30.2 Å². The van der Waals surface area contributed by atoms with Crippen LogP contribution in [-0.4, -0.2) is 66.1 Å². The van der Waals surface area contributed by atoms with Crippen LogP contribution in [0.5, 0.6) is 5.75 Å². The van der Waals surface area contributed by atoms with Gasteiger partial charge in [0.15, 0.2) is 0 Å². The molecule has 3 amide bonds. The Kier molecular flexibility index (Phi) is 9.31. The van der Waals surface area contributed by atoms with Gasteiger partial charge in [-0.05, 0) is 80.2 Å². The van der Waals surface area contributed by atoms with Gasteiger partial charge >= 0.3 is 6.03 Å². The molecular weight excluding hydrogens is 545 g/mol. The first-order valence-corrected chi connectivity index (χ1v) is 14.8. The van der Waals surface area contributed by atoms with Crippen LogP contribution in [0, 0.1) is 12.7 Å². The topological polar surface area (TPSA) is 89.7 Å². The molecule has 8 nitrogen and oxygen atoms in total. The minimum atomic E-state index is -0.821. The summed E-state index contributed by atoms with van der Waals surface area (Å²) in [5.41, 5.74) is 4.90. The van der Waals surface area contributed by atoms with Crippen LogP contribution in [-0.2, 0) is 11.3 Å². The second-order valence-corrected chi connectivity index (χ2v) is 11.6. The summed E-state index contributed by atoms with van der Waals surface area (Å²) in [6, 6.07) is 18.7. The second-order valence-electron chi connectivity index (χ2n) is 11.6. The number of carbonyl (C=O) groups excluding carboxylic acids is 2. The molecule has 0 saturated carbocycles. The maximum Gasteiger partial charge on any atom is 0.318 e. The average molecular weight is 586 g/mol. The van der Waals surface area contributed by atoms with Crippen molar-refractivity contribution in [1.82, 2.24) is 20.1 Å². The van der Waals surface area contributed by atoms with E-state index in [0.717, 1.165) is 34.1 Å². The van der Waals surface area contributed by atoms with Crippen LogP contribution in [0.3, 0.4) is 0 Å². The van der Waals surface area contributed by atoms with Gasteiger partial charge in [-0.3, -0.25) is 4.79 Å². The first-order valence-electron chi connectivity index (χ1n) is 14.8. The van der Waals surface area contributed by atoms with Crippen LogP contribution in [0.2, 0.25) is 0 Å². The monoisotopic (exact) mass is 585 g/mol. The van der Waals surface area contributed by atoms with Gasteiger partial charge in [0.1, 0.15) is 23.7 Å². The highest BCUT2D eigenvalue weighted by Gasteiger charge is 2.32. The van der Waals surface area contributed by atoms with Crippen molar-refractivity contribution in [1.29, 1.82) is 0 Å². The number of aromatic nitrogens is 1. The van der Waals surface area contributed by atoms with E-state index in [9.17, 15) is 14.0 Å². The molecule has 1 aliphatic rings. The van der Waals surface area contributed by atoms with E-state index in [1.165, 1.54) is 12.1 Å². The third-order valence-electron chi connectivity index (χ3n) is 8.12. The van der Waals surface area contributed by atoms with E-state index < -0.39 is 6.04 Å². The first-order chi connectivity index (χ1) is 20.7. The molecule has 0 aliphatic carbocycles. The molecule has 0 spiro atoms. The Bertz CT molecular complexity index is 1560. The summed E-state index contributed by atoms with van der Waals surface area (Å²) in [5.74, 6) is -0.291. The number of rotatable bonds is 9. The zero-order chi connectivity index (χ0) is 30.5. The van der Waals surface area contributed by atoms with E-state index in [0.29, 0.717) is 37.4 Å². The normalized spacial score (nSPS) is 15.3. The molecule has 0 bridgehead atoms. The maximum absolute atomic E-state index is 13.9. The molecule has 43 heavy (non-hydrogen) atoms. The van der Waals surface area contributed by atoms with Gasteiger partial charge in [0.25, 0.3) is 0 Å². The number of nitrogens with zero attached hydrogens (tertiary/aromatic N) is 2. The molecule has 0 unspecified atom stereocenters. The number of urea groups is 1. The fourth-order valence-electron chi connectivity index (χ4n) is 5.65. The van der Waals surface area contributed by atoms with Crippen molar-refractivity contribution in [3.63, 3.8) is 0 Å². The number of fused-ring (bicyclic) bond motifs is 1. The lowest BCUT2D eigenvalue weighted by atomic mass is 9.92. The summed E-state index contributed by atoms with van der Waals surface area (Å²) in [6.45, 7) is 5.75. The number of carbonyl (C=O) groups is 2. The molecule has 1 aromatic heterocycles. The van der Waals surface area contributed by atoms with Crippen molar-refractivity contribution >= 4 is 28.5 Å². The highest BCUT2D eigenvalue weighted by molar-refractivity contribution is 5.98. The lowest BCUT2D eigenvalue weighted by Crippen LogP contribution is -2.53. The lowest BCUT2D eigenvalue weighted by Gasteiger charge is -2.34. The third-order valence-corrected chi connectivity index (χ3v) is 8.12. The average Bonchev–Trinajstić information content (AvgIpc) is 3.43. The molecule has 1 aliphatic heterocycles. The third kappa shape index (κ3) is 7.35. The minimum absolute atomic E-state index is 0.0725. The fraction of sp³-hybridized carbons (Fsp3) is 0.353. The van der Waals surface area contributed by atoms with Gasteiger partial charge in [-0.25, -0.2) is 9.18 Å². The van der Waals surface area contributed by atoms with Crippen LogP contribution in [0.1, 0.15) is 42.4 Å². The lowest BCUT2D eigenvalue weighted by molar-refractivity contribution is -0.118. The molecule has 1 saturated heterocycles. The molecule has 2 atom stereocenters. The van der Waals surface area contributed by atoms with Gasteiger partial charge in [0.2, 0.25) is 5.91 Å². The van der Waals surface area contributed by atoms with Gasteiger partial charge in [-0.2, -0.15) is 0 Å². The Labute approximate surface area is 252 Å². The number of amides is 3. The number of aryl methyl sites for hydroxylation is 1. The number of anilines is 1. The van der Waals surface area contributed by atoms with Crippen molar-refractivity contribution < 1.29 is 18.7 Å². The smallest absolute Gasteiger partial charge is 0.318 e. The largest absolute Gasteiger partial charge is 0.490 e. The number of likely N-dealkylation sites (tertiary alicyclic amines) is 1. The molecule has 2 heterocycles. The van der Waals surface area contributed by atoms with Gasteiger partial charge in [-0.15, -0.1) is 0 Å². The molecule has 9 heteroatoms. The number of aromatic amines is 1. The van der Waals surface area contributed by atoms with Crippen LogP contribution in [0.15, 0.2) is 72.9 Å². The summed E-state index contributed by atoms with van der Waals surface area (Å²) in [7, 11) is 4.02. The molecule has 3 aromatic carbocycles. The molecule has 0 radical (unpaired) electrons. The highest BCUT2D eigenvalue weighted by atomic mass is 19.1. The van der Waals surface area contributed by atoms with Gasteiger partial charge in [-0.1, -0.05) is 31.2 Å². The zero-order valence-electron chi connectivity index (χ0n) is 25.2. The Hall–Kier alpha value is -4.37. The predicted molar refractivity (Wildman–Crippen MR) is 168 cm³/mol. The molecule has 5 rings (SSSR count). The second kappa shape index (κ2) is 13.3. The Morgan fingerprint density at radius 2 is 1.79 bits per heavy atom. The molecule has 1 fully saturated rings. The highest BCUT2D eigenvalue weighted by Crippen LogP contribution is 2.29. The van der Waals surface area contributed by atoms with Crippen molar-refractivity contribution in [3.05, 3.63) is 95.4 Å². The summed E-state index contributed by atoms with van der Waals surface area (Å²) in [4.78, 5) is 34.6. The molecule has 3 N–H and O–H groups in total. The SMILES string of the molecule is Cc1ccc(NC(=O)[C@H](NC(=O)N2CCC(Oc3ccc(F)cc3)CC2)[C@H](C)c2c[nH]c3ccccc23)cc1CN(C)C. The number of nitrogens with one attached hydrogen (secondary N) is 3. The van der Waals surface area contributed by atoms with Crippen LogP contribution >= 0.6 is 0 Å². The summed E-state index contributed by atoms with van der Waals surface area (Å²) < 4.78 is 19.3. The maximum atomic E-state index is 13.9. The molecular formula is C34H40FN5O3. The number of para-hydroxylation sites is 1. The number of halogens is 1. The zero-order valence-corrected chi connectivity index (χ0v) is 25.2. The first kappa shape index (κ1) is 30.1. The van der Waals surface area contributed by atoms with E-state index >= 15 is 0 Å². The van der Waals surface area contributed by atoms with Gasteiger partial charge in [0.05, 0.1) is 0 Å². The number of H-pyrrole nitrogens is 1. The fourth-order valence-corrected chi connectivity index (χ4v) is 5.65. The quantitative estimate of drug-likeness (QED) is 0.223. The molecule has 4 aromatic rings. The van der Waals surface area contributed by atoms with E-state index in [1.54, 1.807) is 17.0 Å². The number of hydrogen-bond acceptors (Lipinski definition) is 4.